The normalized spacial score (nSPS) is 20.5. The van der Waals surface area contributed by atoms with Crippen molar-refractivity contribution in [3.05, 3.63) is 144 Å². The Balaban J connectivity index is 1.20. The van der Waals surface area contributed by atoms with Crippen LogP contribution in [0.5, 0.6) is 0 Å². The van der Waals surface area contributed by atoms with E-state index in [0.29, 0.717) is 72.3 Å². The van der Waals surface area contributed by atoms with Crippen molar-refractivity contribution in [1.82, 2.24) is 99.7 Å². The van der Waals surface area contributed by atoms with Crippen LogP contribution in [0.3, 0.4) is 0 Å². The van der Waals surface area contributed by atoms with Crippen molar-refractivity contribution in [2.45, 2.75) is 170 Å². The van der Waals surface area contributed by atoms with E-state index in [4.69, 9.17) is 61.4 Å². The van der Waals surface area contributed by atoms with E-state index in [1.165, 1.54) is 0 Å². The van der Waals surface area contributed by atoms with Crippen LogP contribution in [-0.4, -0.2) is 208 Å². The van der Waals surface area contributed by atoms with Crippen molar-refractivity contribution in [1.29, 1.82) is 27.0 Å². The van der Waals surface area contributed by atoms with Crippen LogP contribution in [0.25, 0.3) is 43.6 Å². The highest BCUT2D eigenvalue weighted by molar-refractivity contribution is 6.01. The van der Waals surface area contributed by atoms with Crippen LogP contribution in [0.15, 0.2) is 122 Å². The molecule has 40 heteroatoms. The summed E-state index contributed by atoms with van der Waals surface area (Å²) in [5.74, 6) is -11.2. The number of aromatic nitrogens is 4. The second-order valence-electron chi connectivity index (χ2n) is 29.6. The highest BCUT2D eigenvalue weighted by Gasteiger charge is 2.39. The monoisotopic (exact) mass is 1650 g/mol. The number of fused-ring (bicyclic) bond motifs is 4. The third-order valence-electron chi connectivity index (χ3n) is 20.6. The minimum absolute atomic E-state index is 0.000509. The van der Waals surface area contributed by atoms with Gasteiger partial charge >= 0.3 is 0 Å². The van der Waals surface area contributed by atoms with E-state index in [0.717, 1.165) is 0 Å². The molecular weight excluding hydrogens is 1540 g/mol. The molecule has 0 aliphatic carbocycles. The number of rotatable bonds is 32. The molecule has 9 rings (SSSR count). The van der Waals surface area contributed by atoms with Gasteiger partial charge in [0, 0.05) is 127 Å². The van der Waals surface area contributed by atoms with E-state index in [-0.39, 0.29) is 142 Å². The number of aromatic amines is 4. The molecule has 36 N–H and O–H groups in total. The lowest BCUT2D eigenvalue weighted by Gasteiger charge is -2.29. The zero-order chi connectivity index (χ0) is 86.2. The van der Waals surface area contributed by atoms with Crippen LogP contribution in [0, 0.1) is 27.0 Å². The number of H-pyrrole nitrogens is 4. The molecule has 0 radical (unpaired) electrons. The minimum atomic E-state index is -1.59. The van der Waals surface area contributed by atoms with Crippen molar-refractivity contribution in [3.63, 3.8) is 0 Å². The smallest absolute Gasteiger partial charge is 0.243 e. The van der Waals surface area contributed by atoms with Crippen LogP contribution in [0.2, 0.25) is 0 Å². The van der Waals surface area contributed by atoms with E-state index in [9.17, 15) is 0 Å². The summed E-state index contributed by atoms with van der Waals surface area (Å²) in [5.41, 5.74) is 39.3. The Morgan fingerprint density at radius 3 is 0.625 bits per heavy atom. The van der Waals surface area contributed by atoms with Gasteiger partial charge in [-0.3, -0.25) is 75.0 Å². The van der Waals surface area contributed by atoms with Gasteiger partial charge in [0.2, 0.25) is 59.1 Å². The van der Waals surface area contributed by atoms with Gasteiger partial charge in [-0.2, -0.15) is 0 Å². The van der Waals surface area contributed by atoms with Gasteiger partial charge in [0.15, 0.2) is 29.8 Å². The summed E-state index contributed by atoms with van der Waals surface area (Å²) in [6.07, 6.45) is 5.59. The summed E-state index contributed by atoms with van der Waals surface area (Å²) < 4.78 is 0. The lowest BCUT2D eigenvalue weighted by Crippen LogP contribution is -2.62. The lowest BCUT2D eigenvalue weighted by atomic mass is 9.99. The molecule has 40 nitrogen and oxygen atoms in total. The molecule has 120 heavy (non-hydrogen) atoms. The highest BCUT2D eigenvalue weighted by Crippen LogP contribution is 2.25. The second kappa shape index (κ2) is 45.0. The number of benzene rings is 4. The zero-order valence-corrected chi connectivity index (χ0v) is 66.6. The van der Waals surface area contributed by atoms with Gasteiger partial charge in [0.1, 0.15) is 60.4 Å². The van der Waals surface area contributed by atoms with Gasteiger partial charge in [-0.1, -0.05) is 72.8 Å². The van der Waals surface area contributed by atoms with E-state index >= 15 is 47.9 Å². The molecule has 5 heterocycles. The van der Waals surface area contributed by atoms with E-state index in [1.54, 1.807) is 55.1 Å². The molecule has 0 bridgehead atoms. The molecule has 642 valence electrons. The first-order valence-corrected chi connectivity index (χ1v) is 40.0. The summed E-state index contributed by atoms with van der Waals surface area (Å²) in [5, 5.41) is 83.8. The fourth-order valence-corrected chi connectivity index (χ4v) is 14.4. The minimum Gasteiger partial charge on any atom is -0.370 e. The number of guanidine groups is 5. The van der Waals surface area contributed by atoms with Crippen molar-refractivity contribution in [3.8, 4) is 0 Å². The van der Waals surface area contributed by atoms with Gasteiger partial charge in [-0.25, -0.2) is 0 Å². The maximum Gasteiger partial charge on any atom is 0.243 e. The summed E-state index contributed by atoms with van der Waals surface area (Å²) in [6, 6.07) is 13.5. The van der Waals surface area contributed by atoms with Crippen molar-refractivity contribution < 1.29 is 47.9 Å². The molecular formula is C80H112N30O10. The Morgan fingerprint density at radius 2 is 0.433 bits per heavy atom. The molecule has 8 aromatic rings. The molecule has 0 spiro atoms. The number of nitrogens with two attached hydrogens (primary N) is 6. The summed E-state index contributed by atoms with van der Waals surface area (Å²) in [7, 11) is 0. The van der Waals surface area contributed by atoms with Gasteiger partial charge in [0.05, 0.1) is 0 Å². The Bertz CT molecular complexity index is 4940. The zero-order valence-electron chi connectivity index (χ0n) is 66.6. The highest BCUT2D eigenvalue weighted by atomic mass is 16.2. The Kier molecular flexibility index (Phi) is 33.7. The van der Waals surface area contributed by atoms with E-state index in [1.807, 2.05) is 66.7 Å². The number of carbonyl (C=O) groups excluding carboxylic acids is 10. The Labute approximate surface area is 691 Å². The fraction of sp³-hybridized carbons (Fsp3) is 0.412. The lowest BCUT2D eigenvalue weighted by molar-refractivity contribution is -0.137. The SMILES string of the molecule is N=C(N)NCCC[C@@H]1NC(=O)[C@H](CCCNC(=N)N)NC(=O)[C@H](CCCNC(=N)N)NC(=O)[C@H](CCCNC(=N)N)NC(=O)[C@H](Cc2c[nH]c3ccccc23)NC(=O)[C@H](Cc2c[nH]c3ccccc23)NC(=O)[C@H](Cc2c[nH]c3ccccc23)NC(=O)[C@H](Cc2c[nH]c3ccccc23)NC(=O)[C@H](CCCCN)NC(=O)[C@H](CCCNC(=N)N)NC1=O. The first-order chi connectivity index (χ1) is 57.7. The van der Waals surface area contributed by atoms with Crippen LogP contribution in [0.4, 0.5) is 0 Å². The van der Waals surface area contributed by atoms with Crippen LogP contribution >= 0.6 is 0 Å². The van der Waals surface area contributed by atoms with Gasteiger partial charge in [-0.05, 0) is 137 Å². The van der Waals surface area contributed by atoms with Gasteiger partial charge in [0.25, 0.3) is 0 Å². The number of hydrogen-bond donors (Lipinski definition) is 30. The summed E-state index contributed by atoms with van der Waals surface area (Å²) >= 11 is 0. The molecule has 1 fully saturated rings. The third kappa shape index (κ3) is 27.1. The first-order valence-electron chi connectivity index (χ1n) is 40.0. The topological polar surface area (TPSA) is 690 Å². The predicted octanol–water partition coefficient (Wildman–Crippen LogP) is -1.81. The molecule has 10 amide bonds. The third-order valence-corrected chi connectivity index (χ3v) is 20.6. The fourth-order valence-electron chi connectivity index (χ4n) is 14.4. The molecule has 0 saturated carbocycles. The van der Waals surface area contributed by atoms with Crippen molar-refractivity contribution >= 4 is 132 Å². The maximum absolute atomic E-state index is 16.0. The van der Waals surface area contributed by atoms with Crippen molar-refractivity contribution in [2.75, 3.05) is 39.3 Å². The van der Waals surface area contributed by atoms with E-state index in [2.05, 4.69) is 99.7 Å². The molecule has 4 aromatic heterocycles. The predicted molar refractivity (Wildman–Crippen MR) is 456 cm³/mol. The summed E-state index contributed by atoms with van der Waals surface area (Å²) in [6.45, 7) is 0.202. The van der Waals surface area contributed by atoms with Crippen LogP contribution in [0.1, 0.15) is 106 Å². The largest absolute Gasteiger partial charge is 0.370 e. The van der Waals surface area contributed by atoms with E-state index < -0.39 is 149 Å². The molecule has 4 aromatic carbocycles. The Morgan fingerprint density at radius 1 is 0.258 bits per heavy atom. The van der Waals surface area contributed by atoms with Crippen LogP contribution < -0.4 is 114 Å². The summed E-state index contributed by atoms with van der Waals surface area (Å²) in [4.78, 5) is 168. The van der Waals surface area contributed by atoms with Gasteiger partial charge < -0.3 is 134 Å². The molecule has 10 atom stereocenters. The molecule has 1 saturated heterocycles. The standard InChI is InChI=1S/C80H112N30O10/c81-30-10-9-24-56-71(116)107-63(37-45-41-98-53-21-6-2-17-49(45)53)73(118)109-65(39-47-43-100-55-23-8-4-19-51(47)55)75(120)110-64(38-46-42-99-54-22-7-3-18-50(46)54)74(119)108-62(36-44-40-97-52-20-5-1-16-48(44)52)72(117)106-61(29-15-35-96-80(90)91)70(115)105-60(28-14-34-95-79(88)89)69(114)104-59(27-13-33-94-78(86)87)68(113)103-58(26-12-32-93-77(84)85)67(112)102-57(66(111)101-56)25-11-31-92-76(82)83/h1-8,16-23,40-43,56-65,97-100H,9-15,24-39,81H2,(H,101,111)(H,102,112)(H,103,113)(H,104,114)(H,105,115)(H,106,117)(H,107,116)(H,108,119)(H,109,118)(H,110,120)(H4,82,83,92)(H4,84,85,93)(H4,86,87,94)(H4,88,89,95)(H4,90,91,96)/t56-,57-,58-,59-,60-,61-,62-,63-,64-,65-/m0/s1. The Hall–Kier alpha value is -14.0. The molecule has 1 aliphatic rings. The number of amides is 10. The van der Waals surface area contributed by atoms with Gasteiger partial charge in [-0.15, -0.1) is 0 Å². The second-order valence-corrected chi connectivity index (χ2v) is 29.6. The first kappa shape index (κ1) is 90.0. The number of unbranched alkanes of at least 4 members (excludes halogenated alkanes) is 1. The number of carbonyl (C=O) groups is 10. The quantitative estimate of drug-likeness (QED) is 0.0125. The molecule has 0 unspecified atom stereocenters. The average Bonchev–Trinajstić information content (AvgIpc) is 1.62. The molecule has 1 aliphatic heterocycles. The number of para-hydroxylation sites is 4. The van der Waals surface area contributed by atoms with Crippen LogP contribution in [-0.2, 0) is 73.6 Å². The maximum atomic E-state index is 16.0. The van der Waals surface area contributed by atoms with Crippen molar-refractivity contribution in [2.24, 2.45) is 34.4 Å². The number of hydrogen-bond acceptors (Lipinski definition) is 16. The number of nitrogens with one attached hydrogen (secondary N) is 24. The average molecular weight is 1650 g/mol.